The van der Waals surface area contributed by atoms with Crippen LogP contribution in [0.1, 0.15) is 29.8 Å². The third kappa shape index (κ3) is 2.44. The summed E-state index contributed by atoms with van der Waals surface area (Å²) in [4.78, 5) is 0. The molecule has 90 valence electrons. The molecule has 1 aromatic rings. The van der Waals surface area contributed by atoms with E-state index >= 15 is 0 Å². The number of aromatic nitrogens is 2. The third-order valence-corrected chi connectivity index (χ3v) is 3.39. The molecular weight excluding hydrogens is 202 g/mol. The Hall–Kier alpha value is -0.870. The van der Waals surface area contributed by atoms with Crippen molar-refractivity contribution in [2.24, 2.45) is 7.05 Å². The number of nitrogens with zero attached hydrogens (tertiary/aromatic N) is 2. The second-order valence-corrected chi connectivity index (χ2v) is 4.57. The zero-order chi connectivity index (χ0) is 11.5. The first-order valence-corrected chi connectivity index (χ1v) is 5.98. The first-order chi connectivity index (χ1) is 7.68. The smallest absolute Gasteiger partial charge is 0.0641 e. The van der Waals surface area contributed by atoms with E-state index in [0.29, 0.717) is 6.04 Å². The minimum Gasteiger partial charge on any atom is -0.380 e. The molecule has 0 aliphatic carbocycles. The van der Waals surface area contributed by atoms with E-state index in [4.69, 9.17) is 4.74 Å². The van der Waals surface area contributed by atoms with E-state index in [0.717, 1.165) is 25.5 Å². The van der Waals surface area contributed by atoms with Crippen LogP contribution in [0.15, 0.2) is 0 Å². The minimum absolute atomic E-state index is 0.507. The molecule has 1 fully saturated rings. The lowest BCUT2D eigenvalue weighted by Gasteiger charge is -2.23. The number of nitrogens with one attached hydrogen (secondary N) is 1. The van der Waals surface area contributed by atoms with E-state index in [1.165, 1.54) is 24.1 Å². The molecule has 1 saturated heterocycles. The molecule has 4 heteroatoms. The lowest BCUT2D eigenvalue weighted by atomic mass is 10.1. The molecule has 0 bridgehead atoms. The molecule has 1 atom stereocenters. The van der Waals surface area contributed by atoms with Crippen LogP contribution in [0.5, 0.6) is 0 Å². The summed E-state index contributed by atoms with van der Waals surface area (Å²) in [6, 6.07) is 0.507. The van der Waals surface area contributed by atoms with Crippen molar-refractivity contribution in [1.29, 1.82) is 0 Å². The number of hydrogen-bond donors (Lipinski definition) is 1. The predicted molar refractivity (Wildman–Crippen MR) is 63.4 cm³/mol. The Labute approximate surface area is 97.0 Å². The van der Waals surface area contributed by atoms with Crippen LogP contribution in [0.4, 0.5) is 0 Å². The van der Waals surface area contributed by atoms with Gasteiger partial charge < -0.3 is 10.1 Å². The standard InChI is InChI=1S/C12H21N3O/c1-9-12(10(2)15(3)14-9)7-13-11-5-4-6-16-8-11/h11,13H,4-8H2,1-3H3. The molecule has 16 heavy (non-hydrogen) atoms. The summed E-state index contributed by atoms with van der Waals surface area (Å²) in [6.45, 7) is 6.86. The average molecular weight is 223 g/mol. The molecular formula is C12H21N3O. The zero-order valence-corrected chi connectivity index (χ0v) is 10.4. The normalized spacial score (nSPS) is 21.3. The number of ether oxygens (including phenoxy) is 1. The van der Waals surface area contributed by atoms with Gasteiger partial charge in [0, 0.05) is 37.5 Å². The quantitative estimate of drug-likeness (QED) is 0.839. The van der Waals surface area contributed by atoms with Gasteiger partial charge in [0.1, 0.15) is 0 Å². The van der Waals surface area contributed by atoms with Crippen LogP contribution in [-0.4, -0.2) is 29.0 Å². The summed E-state index contributed by atoms with van der Waals surface area (Å²) in [5, 5.41) is 7.97. The second kappa shape index (κ2) is 4.97. The molecule has 1 aromatic heterocycles. The Bertz CT molecular complexity index is 353. The summed E-state index contributed by atoms with van der Waals surface area (Å²) in [7, 11) is 2.00. The summed E-state index contributed by atoms with van der Waals surface area (Å²) < 4.78 is 7.40. The summed E-state index contributed by atoms with van der Waals surface area (Å²) >= 11 is 0. The van der Waals surface area contributed by atoms with Crippen LogP contribution in [0.3, 0.4) is 0 Å². The van der Waals surface area contributed by atoms with Crippen LogP contribution in [0.25, 0.3) is 0 Å². The highest BCUT2D eigenvalue weighted by Crippen LogP contribution is 2.13. The molecule has 1 unspecified atom stereocenters. The fourth-order valence-electron chi connectivity index (χ4n) is 2.22. The van der Waals surface area contributed by atoms with Crippen molar-refractivity contribution in [3.63, 3.8) is 0 Å². The Morgan fingerprint density at radius 1 is 1.50 bits per heavy atom. The first kappa shape index (κ1) is 11.6. The molecule has 0 amide bonds. The van der Waals surface area contributed by atoms with Crippen molar-refractivity contribution in [3.05, 3.63) is 17.0 Å². The van der Waals surface area contributed by atoms with Crippen molar-refractivity contribution < 1.29 is 4.74 Å². The molecule has 1 N–H and O–H groups in total. The minimum atomic E-state index is 0.507. The fourth-order valence-corrected chi connectivity index (χ4v) is 2.22. The summed E-state index contributed by atoms with van der Waals surface area (Å²) in [5.74, 6) is 0. The highest BCUT2D eigenvalue weighted by Gasteiger charge is 2.15. The van der Waals surface area contributed by atoms with Gasteiger partial charge in [0.15, 0.2) is 0 Å². The van der Waals surface area contributed by atoms with E-state index < -0.39 is 0 Å². The molecule has 1 aliphatic heterocycles. The van der Waals surface area contributed by atoms with Crippen LogP contribution >= 0.6 is 0 Å². The van der Waals surface area contributed by atoms with Gasteiger partial charge in [0.25, 0.3) is 0 Å². The van der Waals surface area contributed by atoms with E-state index in [1.54, 1.807) is 0 Å². The monoisotopic (exact) mass is 223 g/mol. The van der Waals surface area contributed by atoms with Crippen LogP contribution in [0.2, 0.25) is 0 Å². The van der Waals surface area contributed by atoms with Gasteiger partial charge in [-0.25, -0.2) is 0 Å². The maximum Gasteiger partial charge on any atom is 0.0641 e. The second-order valence-electron chi connectivity index (χ2n) is 4.57. The van der Waals surface area contributed by atoms with Gasteiger partial charge in [-0.3, -0.25) is 4.68 Å². The predicted octanol–water partition coefficient (Wildman–Crippen LogP) is 1.31. The lowest BCUT2D eigenvalue weighted by molar-refractivity contribution is 0.0699. The van der Waals surface area contributed by atoms with Gasteiger partial charge in [-0.15, -0.1) is 0 Å². The molecule has 2 heterocycles. The largest absolute Gasteiger partial charge is 0.380 e. The molecule has 2 rings (SSSR count). The third-order valence-electron chi connectivity index (χ3n) is 3.39. The summed E-state index contributed by atoms with van der Waals surface area (Å²) in [5.41, 5.74) is 3.71. The number of hydrogen-bond acceptors (Lipinski definition) is 3. The molecule has 0 aromatic carbocycles. The molecule has 0 saturated carbocycles. The molecule has 1 aliphatic rings. The maximum absolute atomic E-state index is 5.45. The first-order valence-electron chi connectivity index (χ1n) is 5.98. The van der Waals surface area contributed by atoms with Crippen molar-refractivity contribution in [3.8, 4) is 0 Å². The van der Waals surface area contributed by atoms with Crippen molar-refractivity contribution in [2.45, 2.75) is 39.3 Å². The Kier molecular flexibility index (Phi) is 3.61. The maximum atomic E-state index is 5.45. The zero-order valence-electron chi connectivity index (χ0n) is 10.4. The van der Waals surface area contributed by atoms with E-state index in [1.807, 2.05) is 11.7 Å². The number of rotatable bonds is 3. The highest BCUT2D eigenvalue weighted by molar-refractivity contribution is 5.24. The van der Waals surface area contributed by atoms with Gasteiger partial charge in [-0.1, -0.05) is 0 Å². The highest BCUT2D eigenvalue weighted by atomic mass is 16.5. The van der Waals surface area contributed by atoms with Gasteiger partial charge in [-0.2, -0.15) is 5.10 Å². The SMILES string of the molecule is Cc1nn(C)c(C)c1CNC1CCCOC1. The van der Waals surface area contributed by atoms with Crippen molar-refractivity contribution in [2.75, 3.05) is 13.2 Å². The Balaban J connectivity index is 1.93. The van der Waals surface area contributed by atoms with E-state index in [-0.39, 0.29) is 0 Å². The fraction of sp³-hybridized carbons (Fsp3) is 0.750. The van der Waals surface area contributed by atoms with Crippen LogP contribution in [0, 0.1) is 13.8 Å². The average Bonchev–Trinajstić information content (AvgIpc) is 2.53. The summed E-state index contributed by atoms with van der Waals surface area (Å²) in [6.07, 6.45) is 2.39. The van der Waals surface area contributed by atoms with Crippen LogP contribution < -0.4 is 5.32 Å². The van der Waals surface area contributed by atoms with Gasteiger partial charge in [0.05, 0.1) is 12.3 Å². The molecule has 0 spiro atoms. The van der Waals surface area contributed by atoms with Crippen LogP contribution in [-0.2, 0) is 18.3 Å². The Morgan fingerprint density at radius 2 is 2.31 bits per heavy atom. The lowest BCUT2D eigenvalue weighted by Crippen LogP contribution is -2.36. The van der Waals surface area contributed by atoms with Gasteiger partial charge in [0.2, 0.25) is 0 Å². The van der Waals surface area contributed by atoms with Gasteiger partial charge >= 0.3 is 0 Å². The molecule has 0 radical (unpaired) electrons. The van der Waals surface area contributed by atoms with Crippen molar-refractivity contribution >= 4 is 0 Å². The Morgan fingerprint density at radius 3 is 2.88 bits per heavy atom. The van der Waals surface area contributed by atoms with E-state index in [2.05, 4.69) is 24.3 Å². The topological polar surface area (TPSA) is 39.1 Å². The van der Waals surface area contributed by atoms with E-state index in [9.17, 15) is 0 Å². The van der Waals surface area contributed by atoms with Gasteiger partial charge in [-0.05, 0) is 26.7 Å². The molecule has 4 nitrogen and oxygen atoms in total. The van der Waals surface area contributed by atoms with Crippen molar-refractivity contribution in [1.82, 2.24) is 15.1 Å². The number of aryl methyl sites for hydroxylation is 2.